The molecule has 1 aromatic carbocycles. The van der Waals surface area contributed by atoms with E-state index >= 15 is 0 Å². The van der Waals surface area contributed by atoms with Crippen molar-refractivity contribution in [3.63, 3.8) is 0 Å². The molecule has 1 amide bonds. The van der Waals surface area contributed by atoms with E-state index in [-0.39, 0.29) is 5.91 Å². The molecule has 0 atom stereocenters. The summed E-state index contributed by atoms with van der Waals surface area (Å²) in [5, 5.41) is 2.91. The van der Waals surface area contributed by atoms with Gasteiger partial charge in [-0.3, -0.25) is 9.78 Å². The van der Waals surface area contributed by atoms with Gasteiger partial charge in [0, 0.05) is 36.9 Å². The number of hydrogen-bond donors (Lipinski definition) is 1. The van der Waals surface area contributed by atoms with Crippen LogP contribution in [0.3, 0.4) is 0 Å². The quantitative estimate of drug-likeness (QED) is 0.625. The van der Waals surface area contributed by atoms with Gasteiger partial charge >= 0.3 is 0 Å². The van der Waals surface area contributed by atoms with Crippen LogP contribution >= 0.6 is 0 Å². The molecule has 4 rings (SSSR count). The van der Waals surface area contributed by atoms with E-state index in [9.17, 15) is 4.79 Å². The Morgan fingerprint density at radius 2 is 1.88 bits per heavy atom. The van der Waals surface area contributed by atoms with Gasteiger partial charge in [-0.1, -0.05) is 36.4 Å². The van der Waals surface area contributed by atoms with Gasteiger partial charge in [-0.25, -0.2) is 4.98 Å². The molecule has 122 valence electrons. The second-order valence-corrected chi connectivity index (χ2v) is 5.72. The Balaban J connectivity index is 1.55. The highest BCUT2D eigenvalue weighted by molar-refractivity contribution is 5.94. The zero-order valence-electron chi connectivity index (χ0n) is 13.5. The number of nitrogens with one attached hydrogen (secondary N) is 1. The normalized spacial score (nSPS) is 10.7. The van der Waals surface area contributed by atoms with Crippen LogP contribution in [0.2, 0.25) is 0 Å². The Kier molecular flexibility index (Phi) is 3.96. The lowest BCUT2D eigenvalue weighted by atomic mass is 10.2. The van der Waals surface area contributed by atoms with Gasteiger partial charge in [0.25, 0.3) is 5.91 Å². The third kappa shape index (κ3) is 3.26. The zero-order valence-corrected chi connectivity index (χ0v) is 13.5. The molecule has 3 heterocycles. The first-order chi connectivity index (χ1) is 12.3. The molecule has 0 aliphatic carbocycles. The van der Waals surface area contributed by atoms with E-state index in [0.717, 1.165) is 22.5 Å². The lowest BCUT2D eigenvalue weighted by Gasteiger charge is -2.05. The van der Waals surface area contributed by atoms with Crippen LogP contribution in [0.1, 0.15) is 15.9 Å². The van der Waals surface area contributed by atoms with E-state index in [1.165, 1.54) is 0 Å². The van der Waals surface area contributed by atoms with Crippen molar-refractivity contribution in [2.24, 2.45) is 0 Å². The molecule has 0 spiro atoms. The largest absolute Gasteiger partial charge is 0.348 e. The van der Waals surface area contributed by atoms with Crippen LogP contribution in [0.25, 0.3) is 16.9 Å². The molecule has 0 saturated carbocycles. The number of amides is 1. The molecule has 3 aromatic heterocycles. The molecule has 0 fully saturated rings. The fraction of sp³-hybridized carbons (Fsp3) is 0.0500. The number of aromatic nitrogens is 3. The van der Waals surface area contributed by atoms with Crippen LogP contribution in [0, 0.1) is 0 Å². The van der Waals surface area contributed by atoms with Crippen LogP contribution in [-0.2, 0) is 6.54 Å². The van der Waals surface area contributed by atoms with E-state index < -0.39 is 0 Å². The number of pyridine rings is 2. The first-order valence-electron chi connectivity index (χ1n) is 8.01. The van der Waals surface area contributed by atoms with E-state index in [4.69, 9.17) is 0 Å². The molecule has 25 heavy (non-hydrogen) atoms. The average Bonchev–Trinajstić information content (AvgIpc) is 3.11. The first-order valence-corrected chi connectivity index (χ1v) is 8.01. The van der Waals surface area contributed by atoms with Crippen molar-refractivity contribution in [3.8, 4) is 11.3 Å². The number of rotatable bonds is 4. The highest BCUT2D eigenvalue weighted by Crippen LogP contribution is 2.19. The zero-order chi connectivity index (χ0) is 17.1. The third-order valence-corrected chi connectivity index (χ3v) is 3.96. The SMILES string of the molecule is O=C(NCc1cccnc1)c1ccc2nc(-c3ccccc3)cn2c1. The van der Waals surface area contributed by atoms with Gasteiger partial charge in [-0.05, 0) is 23.8 Å². The minimum atomic E-state index is -0.124. The van der Waals surface area contributed by atoms with Crippen molar-refractivity contribution in [1.29, 1.82) is 0 Å². The summed E-state index contributed by atoms with van der Waals surface area (Å²) in [4.78, 5) is 21.0. The minimum absolute atomic E-state index is 0.124. The average molecular weight is 328 g/mol. The molecule has 5 heteroatoms. The number of nitrogens with zero attached hydrogens (tertiary/aromatic N) is 3. The lowest BCUT2D eigenvalue weighted by molar-refractivity contribution is 0.0950. The Bertz CT molecular complexity index is 1010. The first kappa shape index (κ1) is 15.1. The predicted molar refractivity (Wildman–Crippen MR) is 96.0 cm³/mol. The highest BCUT2D eigenvalue weighted by Gasteiger charge is 2.09. The lowest BCUT2D eigenvalue weighted by Crippen LogP contribution is -2.23. The summed E-state index contributed by atoms with van der Waals surface area (Å²) < 4.78 is 1.88. The molecule has 0 aliphatic heterocycles. The third-order valence-electron chi connectivity index (χ3n) is 3.96. The van der Waals surface area contributed by atoms with Crippen molar-refractivity contribution >= 4 is 11.6 Å². The smallest absolute Gasteiger partial charge is 0.253 e. The maximum atomic E-state index is 12.4. The van der Waals surface area contributed by atoms with Crippen LogP contribution in [-0.4, -0.2) is 20.3 Å². The van der Waals surface area contributed by atoms with Crippen LogP contribution in [0.4, 0.5) is 0 Å². The number of fused-ring (bicyclic) bond motifs is 1. The molecule has 0 radical (unpaired) electrons. The summed E-state index contributed by atoms with van der Waals surface area (Å²) in [5.74, 6) is -0.124. The Labute approximate surface area is 145 Å². The van der Waals surface area contributed by atoms with Crippen molar-refractivity contribution in [3.05, 3.63) is 90.5 Å². The second-order valence-electron chi connectivity index (χ2n) is 5.72. The molecule has 0 aliphatic rings. The van der Waals surface area contributed by atoms with Crippen LogP contribution in [0.15, 0.2) is 79.4 Å². The second kappa shape index (κ2) is 6.57. The van der Waals surface area contributed by atoms with Gasteiger partial charge in [0.2, 0.25) is 0 Å². The van der Waals surface area contributed by atoms with Gasteiger partial charge in [0.15, 0.2) is 0 Å². The summed E-state index contributed by atoms with van der Waals surface area (Å²) >= 11 is 0. The molecular formula is C20H16N4O. The molecule has 4 aromatic rings. The van der Waals surface area contributed by atoms with Gasteiger partial charge in [-0.2, -0.15) is 0 Å². The Hall–Kier alpha value is -3.47. The van der Waals surface area contributed by atoms with Crippen molar-refractivity contribution < 1.29 is 4.79 Å². The molecule has 5 nitrogen and oxygen atoms in total. The van der Waals surface area contributed by atoms with Crippen LogP contribution < -0.4 is 5.32 Å². The number of hydrogen-bond acceptors (Lipinski definition) is 3. The number of carbonyl (C=O) groups excluding carboxylic acids is 1. The molecule has 0 unspecified atom stereocenters. The minimum Gasteiger partial charge on any atom is -0.348 e. The number of carbonyl (C=O) groups is 1. The summed E-state index contributed by atoms with van der Waals surface area (Å²) in [6, 6.07) is 17.4. The molecule has 0 saturated heterocycles. The van der Waals surface area contributed by atoms with Crippen molar-refractivity contribution in [1.82, 2.24) is 19.7 Å². The van der Waals surface area contributed by atoms with E-state index in [0.29, 0.717) is 12.1 Å². The number of imidazole rings is 1. The van der Waals surface area contributed by atoms with Gasteiger partial charge in [0.05, 0.1) is 11.3 Å². The molecule has 1 N–H and O–H groups in total. The summed E-state index contributed by atoms with van der Waals surface area (Å²) in [6.07, 6.45) is 7.18. The van der Waals surface area contributed by atoms with E-state index in [1.807, 2.05) is 59.1 Å². The highest BCUT2D eigenvalue weighted by atomic mass is 16.1. The van der Waals surface area contributed by atoms with E-state index in [1.54, 1.807) is 24.7 Å². The monoisotopic (exact) mass is 328 g/mol. The van der Waals surface area contributed by atoms with Gasteiger partial charge < -0.3 is 9.72 Å². The van der Waals surface area contributed by atoms with Crippen LogP contribution in [0.5, 0.6) is 0 Å². The number of benzene rings is 1. The standard InChI is InChI=1S/C20H16N4O/c25-20(22-12-15-5-4-10-21-11-15)17-8-9-19-23-18(14-24(19)13-17)16-6-2-1-3-7-16/h1-11,13-14H,12H2,(H,22,25). The predicted octanol–water partition coefficient (Wildman–Crippen LogP) is 3.33. The van der Waals surface area contributed by atoms with Gasteiger partial charge in [0.1, 0.15) is 5.65 Å². The summed E-state index contributed by atoms with van der Waals surface area (Å²) in [5.41, 5.74) is 4.30. The maximum absolute atomic E-state index is 12.4. The molecular weight excluding hydrogens is 312 g/mol. The van der Waals surface area contributed by atoms with Crippen molar-refractivity contribution in [2.75, 3.05) is 0 Å². The fourth-order valence-corrected chi connectivity index (χ4v) is 2.66. The fourth-order valence-electron chi connectivity index (χ4n) is 2.66. The van der Waals surface area contributed by atoms with Crippen molar-refractivity contribution in [2.45, 2.75) is 6.54 Å². The van der Waals surface area contributed by atoms with Gasteiger partial charge in [-0.15, -0.1) is 0 Å². The maximum Gasteiger partial charge on any atom is 0.253 e. The Morgan fingerprint density at radius 1 is 1.00 bits per heavy atom. The van der Waals surface area contributed by atoms with E-state index in [2.05, 4.69) is 15.3 Å². The summed E-state index contributed by atoms with van der Waals surface area (Å²) in [7, 11) is 0. The topological polar surface area (TPSA) is 59.3 Å². The molecule has 0 bridgehead atoms. The Morgan fingerprint density at radius 3 is 2.68 bits per heavy atom. The summed E-state index contributed by atoms with van der Waals surface area (Å²) in [6.45, 7) is 0.448.